The van der Waals surface area contributed by atoms with Crippen molar-refractivity contribution in [2.45, 2.75) is 20.3 Å². The van der Waals surface area contributed by atoms with Gasteiger partial charge in [0.25, 0.3) is 0 Å². The lowest BCUT2D eigenvalue weighted by atomic mass is 10.3. The van der Waals surface area contributed by atoms with Gasteiger partial charge in [0.15, 0.2) is 17.5 Å². The zero-order valence-electron chi connectivity index (χ0n) is 11.7. The van der Waals surface area contributed by atoms with E-state index in [0.717, 1.165) is 18.6 Å². The fourth-order valence-corrected chi connectivity index (χ4v) is 1.72. The molecule has 2 N–H and O–H groups in total. The van der Waals surface area contributed by atoms with E-state index < -0.39 is 17.5 Å². The van der Waals surface area contributed by atoms with Crippen LogP contribution in [0.15, 0.2) is 18.2 Å². The summed E-state index contributed by atoms with van der Waals surface area (Å²) in [5.41, 5.74) is 0.764. The van der Waals surface area contributed by atoms with Gasteiger partial charge in [0.1, 0.15) is 5.82 Å². The molecule has 0 bridgehead atoms. The van der Waals surface area contributed by atoms with Crippen LogP contribution in [-0.4, -0.2) is 16.5 Å². The van der Waals surface area contributed by atoms with Crippen LogP contribution >= 0.6 is 0 Å². The van der Waals surface area contributed by atoms with Crippen LogP contribution in [0.4, 0.5) is 30.6 Å². The predicted octanol–water partition coefficient (Wildman–Crippen LogP) is 3.77. The van der Waals surface area contributed by atoms with E-state index in [1.807, 2.05) is 6.92 Å². The summed E-state index contributed by atoms with van der Waals surface area (Å²) in [5.74, 6) is -3.22. The molecule has 0 spiro atoms. The van der Waals surface area contributed by atoms with E-state index in [9.17, 15) is 13.2 Å². The molecule has 21 heavy (non-hydrogen) atoms. The summed E-state index contributed by atoms with van der Waals surface area (Å²) in [6.07, 6.45) is 0.911. The molecule has 2 aromatic rings. The maximum Gasteiger partial charge on any atom is 0.224 e. The molecule has 7 heteroatoms. The fraction of sp³-hybridized carbons (Fsp3) is 0.286. The second-order valence-corrected chi connectivity index (χ2v) is 4.52. The molecule has 0 unspecified atom stereocenters. The van der Waals surface area contributed by atoms with Gasteiger partial charge in [-0.25, -0.2) is 18.2 Å². The molecule has 0 amide bonds. The van der Waals surface area contributed by atoms with E-state index in [-0.39, 0.29) is 5.69 Å². The minimum atomic E-state index is -1.50. The molecule has 0 aliphatic rings. The van der Waals surface area contributed by atoms with Crippen molar-refractivity contribution < 1.29 is 13.2 Å². The minimum absolute atomic E-state index is 0.0749. The Morgan fingerprint density at radius 1 is 1.05 bits per heavy atom. The van der Waals surface area contributed by atoms with Crippen LogP contribution in [0.1, 0.15) is 19.0 Å². The molecule has 1 aromatic heterocycles. The number of aryl methyl sites for hydroxylation is 1. The number of rotatable bonds is 5. The van der Waals surface area contributed by atoms with Crippen LogP contribution in [0.2, 0.25) is 0 Å². The smallest absolute Gasteiger partial charge is 0.224 e. The lowest BCUT2D eigenvalue weighted by Gasteiger charge is -2.10. The van der Waals surface area contributed by atoms with E-state index in [1.54, 1.807) is 13.0 Å². The lowest BCUT2D eigenvalue weighted by Crippen LogP contribution is -2.07. The molecule has 0 aliphatic heterocycles. The van der Waals surface area contributed by atoms with E-state index >= 15 is 0 Å². The maximum absolute atomic E-state index is 13.2. The third-order valence-corrected chi connectivity index (χ3v) is 2.64. The molecule has 0 saturated carbocycles. The Balaban J connectivity index is 2.24. The number of nitrogens with zero attached hydrogens (tertiary/aromatic N) is 2. The van der Waals surface area contributed by atoms with Crippen molar-refractivity contribution in [2.24, 2.45) is 0 Å². The molecular formula is C14H15F3N4. The Morgan fingerprint density at radius 3 is 2.33 bits per heavy atom. The van der Waals surface area contributed by atoms with Gasteiger partial charge >= 0.3 is 0 Å². The van der Waals surface area contributed by atoms with Gasteiger partial charge < -0.3 is 10.6 Å². The molecule has 0 fully saturated rings. The quantitative estimate of drug-likeness (QED) is 0.825. The van der Waals surface area contributed by atoms with Gasteiger partial charge in [-0.05, 0) is 13.3 Å². The molecular weight excluding hydrogens is 281 g/mol. The molecule has 112 valence electrons. The molecule has 1 aromatic carbocycles. The van der Waals surface area contributed by atoms with E-state index in [4.69, 9.17) is 0 Å². The number of halogens is 3. The normalized spacial score (nSPS) is 10.5. The van der Waals surface area contributed by atoms with Crippen LogP contribution in [0.25, 0.3) is 0 Å². The van der Waals surface area contributed by atoms with Crippen molar-refractivity contribution in [3.05, 3.63) is 41.3 Å². The molecule has 0 radical (unpaired) electrons. The van der Waals surface area contributed by atoms with E-state index in [1.165, 1.54) is 0 Å². The van der Waals surface area contributed by atoms with Crippen molar-refractivity contribution in [3.63, 3.8) is 0 Å². The first-order valence-corrected chi connectivity index (χ1v) is 6.50. The Hall–Kier alpha value is -2.31. The van der Waals surface area contributed by atoms with Crippen LogP contribution in [0.3, 0.4) is 0 Å². The SMILES string of the molecule is CCCNc1nc(C)cc(Nc2cc(F)c(F)c(F)c2)n1. The van der Waals surface area contributed by atoms with Crippen molar-refractivity contribution in [2.75, 3.05) is 17.2 Å². The molecule has 4 nitrogen and oxygen atoms in total. The highest BCUT2D eigenvalue weighted by atomic mass is 19.2. The average Bonchev–Trinajstić information content (AvgIpc) is 2.42. The third-order valence-electron chi connectivity index (χ3n) is 2.64. The number of hydrogen-bond acceptors (Lipinski definition) is 4. The lowest BCUT2D eigenvalue weighted by molar-refractivity contribution is 0.448. The van der Waals surface area contributed by atoms with Crippen molar-refractivity contribution >= 4 is 17.5 Å². The third kappa shape index (κ3) is 3.84. The molecule has 1 heterocycles. The summed E-state index contributed by atoms with van der Waals surface area (Å²) >= 11 is 0. The first-order chi connectivity index (χ1) is 9.99. The molecule has 0 aliphatic carbocycles. The highest BCUT2D eigenvalue weighted by Crippen LogP contribution is 2.21. The number of hydrogen-bond donors (Lipinski definition) is 2. The highest BCUT2D eigenvalue weighted by molar-refractivity contribution is 5.57. The Kier molecular flexibility index (Phi) is 4.62. The molecule has 2 rings (SSSR count). The van der Waals surface area contributed by atoms with E-state index in [2.05, 4.69) is 20.6 Å². The highest BCUT2D eigenvalue weighted by Gasteiger charge is 2.11. The topological polar surface area (TPSA) is 49.8 Å². The van der Waals surface area contributed by atoms with Crippen LogP contribution in [0, 0.1) is 24.4 Å². The number of aromatic nitrogens is 2. The monoisotopic (exact) mass is 296 g/mol. The summed E-state index contributed by atoms with van der Waals surface area (Å²) in [7, 11) is 0. The largest absolute Gasteiger partial charge is 0.354 e. The number of benzene rings is 1. The van der Waals surface area contributed by atoms with E-state index in [0.29, 0.717) is 24.0 Å². The first kappa shape index (κ1) is 15.1. The van der Waals surface area contributed by atoms with Gasteiger partial charge in [0.2, 0.25) is 5.95 Å². The Labute approximate surface area is 120 Å². The Bertz CT molecular complexity index is 623. The summed E-state index contributed by atoms with van der Waals surface area (Å²) in [5, 5.41) is 5.76. The second-order valence-electron chi connectivity index (χ2n) is 4.52. The van der Waals surface area contributed by atoms with Gasteiger partial charge in [0.05, 0.1) is 0 Å². The van der Waals surface area contributed by atoms with Crippen molar-refractivity contribution in [1.82, 2.24) is 9.97 Å². The summed E-state index contributed by atoms with van der Waals surface area (Å²) in [4.78, 5) is 8.37. The van der Waals surface area contributed by atoms with Crippen molar-refractivity contribution in [3.8, 4) is 0 Å². The second kappa shape index (κ2) is 6.43. The molecule has 0 atom stereocenters. The average molecular weight is 296 g/mol. The van der Waals surface area contributed by atoms with Crippen LogP contribution < -0.4 is 10.6 Å². The van der Waals surface area contributed by atoms with Gasteiger partial charge in [-0.1, -0.05) is 6.92 Å². The van der Waals surface area contributed by atoms with Crippen LogP contribution in [-0.2, 0) is 0 Å². The number of anilines is 3. The van der Waals surface area contributed by atoms with Crippen LogP contribution in [0.5, 0.6) is 0 Å². The predicted molar refractivity (Wildman–Crippen MR) is 75.1 cm³/mol. The zero-order valence-corrected chi connectivity index (χ0v) is 11.7. The summed E-state index contributed by atoms with van der Waals surface area (Å²) in [6, 6.07) is 3.36. The Morgan fingerprint density at radius 2 is 1.71 bits per heavy atom. The molecule has 0 saturated heterocycles. The van der Waals surface area contributed by atoms with Gasteiger partial charge in [-0.2, -0.15) is 4.98 Å². The zero-order chi connectivity index (χ0) is 15.4. The fourth-order valence-electron chi connectivity index (χ4n) is 1.72. The standard InChI is InChI=1S/C14H15F3N4/c1-3-4-18-14-19-8(2)5-12(21-14)20-9-6-10(15)13(17)11(16)7-9/h5-7H,3-4H2,1-2H3,(H2,18,19,20,21). The number of nitrogens with one attached hydrogen (secondary N) is 2. The van der Waals surface area contributed by atoms with Gasteiger partial charge in [-0.3, -0.25) is 0 Å². The minimum Gasteiger partial charge on any atom is -0.354 e. The van der Waals surface area contributed by atoms with Crippen molar-refractivity contribution in [1.29, 1.82) is 0 Å². The first-order valence-electron chi connectivity index (χ1n) is 6.50. The van der Waals surface area contributed by atoms with Gasteiger partial charge in [-0.15, -0.1) is 0 Å². The van der Waals surface area contributed by atoms with Gasteiger partial charge in [0, 0.05) is 36.1 Å². The summed E-state index contributed by atoms with van der Waals surface area (Å²) in [6.45, 7) is 4.49. The maximum atomic E-state index is 13.2. The summed E-state index contributed by atoms with van der Waals surface area (Å²) < 4.78 is 39.2.